The normalized spacial score (nSPS) is 26.7. The Labute approximate surface area is 333 Å². The molecule has 0 aromatic heterocycles. The zero-order chi connectivity index (χ0) is 40.3. The van der Waals surface area contributed by atoms with Crippen LogP contribution in [0.1, 0.15) is 67.6 Å². The highest BCUT2D eigenvalue weighted by Gasteiger charge is 2.57. The number of amides is 2. The summed E-state index contributed by atoms with van der Waals surface area (Å²) in [4.78, 5) is 36.7. The molecule has 9 atom stereocenters. The standard InChI is InChI=1S/C45H63N5O6/c1-27-37-21-34(45(37,3)4)22-38(27)48-44(54)41-40(28(2)52)39(26-51)56-50(41)24-31-15-12-16-36(42(31)55-8)32-17-30(23-46-5)18-33(20-32)43(53)47-35(25-49(6)7)19-29-13-10-9-11-14-29/h9-18,20,27-28,34-35,37-41,46,51-52H,19,21-26H2,1-8H3,(H,47,53)(H,48,54)/t27-,28-,34?,35-,37-,38-,39-,40+,41-/m0/s1. The second-order valence-electron chi connectivity index (χ2n) is 17.3. The molecular weight excluding hydrogens is 707 g/mol. The Morgan fingerprint density at radius 2 is 1.80 bits per heavy atom. The first-order valence-electron chi connectivity index (χ1n) is 20.2. The zero-order valence-electron chi connectivity index (χ0n) is 34.4. The lowest BCUT2D eigenvalue weighted by atomic mass is 9.45. The fraction of sp³-hybridized carbons (Fsp3) is 0.556. The van der Waals surface area contributed by atoms with Gasteiger partial charge in [-0.3, -0.25) is 14.4 Å². The molecule has 0 radical (unpaired) electrons. The van der Waals surface area contributed by atoms with E-state index in [1.807, 2.05) is 69.7 Å². The maximum absolute atomic E-state index is 14.3. The van der Waals surface area contributed by atoms with Crippen LogP contribution >= 0.6 is 0 Å². The molecule has 7 rings (SSSR count). The lowest BCUT2D eigenvalue weighted by Gasteiger charge is -2.62. The summed E-state index contributed by atoms with van der Waals surface area (Å²) in [5.41, 5.74) is 5.28. The van der Waals surface area contributed by atoms with Gasteiger partial charge in [0.2, 0.25) is 5.91 Å². The molecule has 11 heteroatoms. The van der Waals surface area contributed by atoms with Gasteiger partial charge in [0.15, 0.2) is 0 Å². The lowest BCUT2D eigenvalue weighted by Crippen LogP contribution is -2.62. The van der Waals surface area contributed by atoms with Gasteiger partial charge >= 0.3 is 0 Å². The molecule has 1 heterocycles. The summed E-state index contributed by atoms with van der Waals surface area (Å²) in [6.45, 7) is 9.64. The predicted octanol–water partition coefficient (Wildman–Crippen LogP) is 4.64. The summed E-state index contributed by atoms with van der Waals surface area (Å²) < 4.78 is 6.11. The van der Waals surface area contributed by atoms with E-state index in [1.165, 1.54) is 6.42 Å². The molecule has 4 aliphatic rings. The number of ether oxygens (including phenoxy) is 1. The Morgan fingerprint density at radius 3 is 2.43 bits per heavy atom. The molecule has 1 saturated heterocycles. The van der Waals surface area contributed by atoms with Crippen LogP contribution in [0.15, 0.2) is 66.7 Å². The van der Waals surface area contributed by atoms with Crippen molar-refractivity contribution in [3.8, 4) is 16.9 Å². The van der Waals surface area contributed by atoms with Crippen LogP contribution in [0.3, 0.4) is 0 Å². The van der Waals surface area contributed by atoms with Crippen molar-refractivity contribution in [3.63, 3.8) is 0 Å². The van der Waals surface area contributed by atoms with Gasteiger partial charge in [0.1, 0.15) is 17.9 Å². The van der Waals surface area contributed by atoms with E-state index in [-0.39, 0.29) is 42.5 Å². The molecule has 1 aliphatic heterocycles. The lowest BCUT2D eigenvalue weighted by molar-refractivity contribution is -0.183. The molecule has 56 heavy (non-hydrogen) atoms. The zero-order valence-corrected chi connectivity index (χ0v) is 34.4. The van der Waals surface area contributed by atoms with Crippen molar-refractivity contribution < 1.29 is 29.4 Å². The van der Waals surface area contributed by atoms with Gasteiger partial charge in [-0.05, 0) is 105 Å². The van der Waals surface area contributed by atoms with E-state index in [2.05, 4.69) is 59.8 Å². The minimum absolute atomic E-state index is 0.0367. The predicted molar refractivity (Wildman–Crippen MR) is 219 cm³/mol. The third-order valence-corrected chi connectivity index (χ3v) is 12.9. The Hall–Kier alpha value is -3.84. The fourth-order valence-corrected chi connectivity index (χ4v) is 9.88. The molecule has 3 aromatic carbocycles. The maximum atomic E-state index is 14.3. The molecular formula is C45H63N5O6. The minimum atomic E-state index is -0.901. The molecule has 2 bridgehead atoms. The number of likely N-dealkylation sites (N-methyl/N-ethyl adjacent to an activating group) is 1. The molecule has 11 nitrogen and oxygen atoms in total. The first kappa shape index (κ1) is 41.8. The molecule has 0 spiro atoms. The van der Waals surface area contributed by atoms with E-state index in [0.717, 1.165) is 34.2 Å². The number of fused-ring (bicyclic) bond motifs is 2. The van der Waals surface area contributed by atoms with Crippen molar-refractivity contribution in [2.75, 3.05) is 41.4 Å². The molecule has 1 unspecified atom stereocenters. The number of carbonyl (C=O) groups excluding carboxylic acids is 2. The Kier molecular flexibility index (Phi) is 13.2. The summed E-state index contributed by atoms with van der Waals surface area (Å²) in [6.07, 6.45) is 1.18. The number of hydroxylamine groups is 2. The monoisotopic (exact) mass is 769 g/mol. The number of para-hydroxylation sites is 1. The maximum Gasteiger partial charge on any atom is 0.251 e. The number of aliphatic hydroxyl groups is 2. The Bertz CT molecular complexity index is 1820. The van der Waals surface area contributed by atoms with Gasteiger partial charge in [-0.2, -0.15) is 5.06 Å². The third-order valence-electron chi connectivity index (χ3n) is 12.9. The van der Waals surface area contributed by atoms with E-state index < -0.39 is 24.2 Å². The van der Waals surface area contributed by atoms with Gasteiger partial charge in [-0.25, -0.2) is 0 Å². The summed E-state index contributed by atoms with van der Waals surface area (Å²) in [7, 11) is 7.50. The second kappa shape index (κ2) is 17.7. The van der Waals surface area contributed by atoms with Crippen LogP contribution in [-0.4, -0.2) is 104 Å². The van der Waals surface area contributed by atoms with Crippen LogP contribution in [0.4, 0.5) is 0 Å². The molecule has 4 fully saturated rings. The van der Waals surface area contributed by atoms with Gasteiger partial charge in [-0.15, -0.1) is 0 Å². The molecule has 3 aromatic rings. The van der Waals surface area contributed by atoms with Crippen LogP contribution < -0.4 is 20.7 Å². The van der Waals surface area contributed by atoms with Gasteiger partial charge in [0.05, 0.1) is 26.4 Å². The number of aliphatic hydroxyl groups excluding tert-OH is 2. The molecule has 304 valence electrons. The van der Waals surface area contributed by atoms with E-state index in [0.29, 0.717) is 48.6 Å². The number of benzene rings is 3. The quantitative estimate of drug-likeness (QED) is 0.141. The molecule has 3 saturated carbocycles. The number of methoxy groups -OCH3 is 1. The number of hydrogen-bond acceptors (Lipinski definition) is 9. The summed E-state index contributed by atoms with van der Waals surface area (Å²) in [6, 6.07) is 21.0. The molecule has 3 aliphatic carbocycles. The number of carbonyl (C=O) groups is 2. The highest BCUT2D eigenvalue weighted by molar-refractivity contribution is 5.96. The van der Waals surface area contributed by atoms with Crippen LogP contribution in [0, 0.1) is 29.1 Å². The number of rotatable bonds is 16. The third kappa shape index (κ3) is 8.83. The smallest absolute Gasteiger partial charge is 0.251 e. The van der Waals surface area contributed by atoms with Crippen LogP contribution in [0.5, 0.6) is 5.75 Å². The van der Waals surface area contributed by atoms with E-state index in [4.69, 9.17) is 9.57 Å². The average Bonchev–Trinajstić information content (AvgIpc) is 3.54. The van der Waals surface area contributed by atoms with Crippen molar-refractivity contribution in [1.82, 2.24) is 25.9 Å². The fourth-order valence-electron chi connectivity index (χ4n) is 9.88. The van der Waals surface area contributed by atoms with E-state index >= 15 is 0 Å². The summed E-state index contributed by atoms with van der Waals surface area (Å²) >= 11 is 0. The molecule has 2 amide bonds. The van der Waals surface area contributed by atoms with E-state index in [9.17, 15) is 19.8 Å². The highest BCUT2D eigenvalue weighted by Crippen LogP contribution is 2.61. The van der Waals surface area contributed by atoms with Gasteiger partial charge in [-0.1, -0.05) is 69.3 Å². The molecule has 5 N–H and O–H groups in total. The van der Waals surface area contributed by atoms with Gasteiger partial charge < -0.3 is 35.8 Å². The second-order valence-corrected chi connectivity index (χ2v) is 17.3. The van der Waals surface area contributed by atoms with Crippen LogP contribution in [0.2, 0.25) is 0 Å². The first-order chi connectivity index (χ1) is 26.7. The van der Waals surface area contributed by atoms with Crippen LogP contribution in [0.25, 0.3) is 11.1 Å². The van der Waals surface area contributed by atoms with Gasteiger partial charge in [0, 0.05) is 47.8 Å². The van der Waals surface area contributed by atoms with Crippen molar-refractivity contribution in [3.05, 3.63) is 89.0 Å². The largest absolute Gasteiger partial charge is 0.496 e. The van der Waals surface area contributed by atoms with Crippen molar-refractivity contribution in [1.29, 1.82) is 0 Å². The summed E-state index contributed by atoms with van der Waals surface area (Å²) in [5.74, 6) is 1.04. The van der Waals surface area contributed by atoms with Crippen LogP contribution in [-0.2, 0) is 29.1 Å². The van der Waals surface area contributed by atoms with Gasteiger partial charge in [0.25, 0.3) is 5.91 Å². The van der Waals surface area contributed by atoms with Crippen molar-refractivity contribution >= 4 is 11.8 Å². The van der Waals surface area contributed by atoms with E-state index in [1.54, 1.807) is 19.1 Å². The minimum Gasteiger partial charge on any atom is -0.496 e. The Morgan fingerprint density at radius 1 is 1.05 bits per heavy atom. The number of nitrogens with one attached hydrogen (secondary N) is 3. The Balaban J connectivity index is 1.28. The number of nitrogens with zero attached hydrogens (tertiary/aromatic N) is 2. The first-order valence-corrected chi connectivity index (χ1v) is 20.2. The van der Waals surface area contributed by atoms with Crippen molar-refractivity contribution in [2.24, 2.45) is 29.1 Å². The average molecular weight is 770 g/mol. The topological polar surface area (TPSA) is 136 Å². The highest BCUT2D eigenvalue weighted by atomic mass is 16.7. The SMILES string of the molecule is CNCc1cc(C(=O)N[C@@H](Cc2ccccc2)CN(C)C)cc(-c2cccc(CN3O[C@@H](CO)[C@@H]([C@H](C)O)[C@H]3C(=O)N[C@H]3CC4C[C@@H]([C@@H]3C)C4(C)C)c2OC)c1. The number of hydrogen-bond donors (Lipinski definition) is 5. The summed E-state index contributed by atoms with van der Waals surface area (Å²) in [5, 5.41) is 32.8. The van der Waals surface area contributed by atoms with Crippen molar-refractivity contribution in [2.45, 2.75) is 90.4 Å².